The Labute approximate surface area is 152 Å². The van der Waals surface area contributed by atoms with Gasteiger partial charge in [0.1, 0.15) is 5.69 Å². The molecule has 4 heterocycles. The van der Waals surface area contributed by atoms with Gasteiger partial charge >= 0.3 is 5.69 Å². The van der Waals surface area contributed by atoms with Crippen LogP contribution >= 0.6 is 0 Å². The summed E-state index contributed by atoms with van der Waals surface area (Å²) in [6.45, 7) is 2.73. The van der Waals surface area contributed by atoms with Gasteiger partial charge in [-0.3, -0.25) is 9.78 Å². The molecule has 1 saturated heterocycles. The lowest BCUT2D eigenvalue weighted by molar-refractivity contribution is -0.0642. The lowest BCUT2D eigenvalue weighted by Crippen LogP contribution is -2.34. The number of alkyl halides is 2. The number of rotatable bonds is 2. The molecule has 0 amide bonds. The van der Waals surface area contributed by atoms with E-state index in [1.807, 2.05) is 0 Å². The first-order valence-electron chi connectivity index (χ1n) is 8.36. The van der Waals surface area contributed by atoms with Crippen molar-refractivity contribution in [3.05, 3.63) is 45.5 Å². The van der Waals surface area contributed by atoms with Crippen LogP contribution < -0.4 is 16.1 Å². The molecule has 3 aromatic rings. The Morgan fingerprint density at radius 1 is 1.22 bits per heavy atom. The van der Waals surface area contributed by atoms with Crippen molar-refractivity contribution in [2.24, 2.45) is 12.5 Å². The summed E-state index contributed by atoms with van der Waals surface area (Å²) in [5, 5.41) is 4.35. The second-order valence-corrected chi connectivity index (χ2v) is 7.47. The van der Waals surface area contributed by atoms with Crippen LogP contribution in [0.1, 0.15) is 13.8 Å². The van der Waals surface area contributed by atoms with Gasteiger partial charge in [0, 0.05) is 37.6 Å². The number of fused-ring (bicyclic) bond motifs is 1. The highest BCUT2D eigenvalue weighted by Crippen LogP contribution is 2.45. The van der Waals surface area contributed by atoms with E-state index in [1.54, 1.807) is 17.2 Å². The normalized spacial score (nSPS) is 18.3. The number of aryl methyl sites for hydroxylation is 1. The van der Waals surface area contributed by atoms with Crippen molar-refractivity contribution in [2.45, 2.75) is 19.8 Å². The minimum Gasteiger partial charge on any atom is -0.362 e. The summed E-state index contributed by atoms with van der Waals surface area (Å²) in [4.78, 5) is 31.8. The second kappa shape index (κ2) is 5.48. The fourth-order valence-corrected chi connectivity index (χ4v) is 3.28. The Balaban J connectivity index is 1.91. The first-order chi connectivity index (χ1) is 12.6. The second-order valence-electron chi connectivity index (χ2n) is 7.47. The van der Waals surface area contributed by atoms with Gasteiger partial charge in [-0.25, -0.2) is 23.1 Å². The van der Waals surface area contributed by atoms with Crippen molar-refractivity contribution in [3.63, 3.8) is 0 Å². The third-order valence-corrected chi connectivity index (χ3v) is 5.03. The van der Waals surface area contributed by atoms with Crippen LogP contribution in [-0.4, -0.2) is 43.2 Å². The molecule has 0 unspecified atom stereocenters. The number of hydrogen-bond acceptors (Lipinski definition) is 5. The molecule has 1 aliphatic rings. The van der Waals surface area contributed by atoms with Crippen LogP contribution in [0.5, 0.6) is 0 Å². The fraction of sp³-hybridized carbons (Fsp3) is 0.412. The number of H-pyrrole nitrogens is 1. The van der Waals surface area contributed by atoms with Crippen LogP contribution in [0.15, 0.2) is 34.2 Å². The Hall–Kier alpha value is -3.04. The van der Waals surface area contributed by atoms with Crippen LogP contribution in [-0.2, 0) is 7.05 Å². The van der Waals surface area contributed by atoms with Gasteiger partial charge in [-0.15, -0.1) is 0 Å². The average molecular weight is 376 g/mol. The van der Waals surface area contributed by atoms with Gasteiger partial charge in [-0.05, 0) is 6.07 Å². The Bertz CT molecular complexity index is 1140. The highest BCUT2D eigenvalue weighted by atomic mass is 19.3. The number of aromatic nitrogens is 5. The zero-order chi connectivity index (χ0) is 19.6. The van der Waals surface area contributed by atoms with Gasteiger partial charge in [0.2, 0.25) is 0 Å². The summed E-state index contributed by atoms with van der Waals surface area (Å²) in [5.74, 6) is -2.87. The van der Waals surface area contributed by atoms with Crippen molar-refractivity contribution in [3.8, 4) is 11.3 Å². The van der Waals surface area contributed by atoms with Crippen LogP contribution in [0, 0.1) is 5.41 Å². The summed E-state index contributed by atoms with van der Waals surface area (Å²) in [7, 11) is 1.50. The van der Waals surface area contributed by atoms with E-state index in [0.717, 1.165) is 0 Å². The van der Waals surface area contributed by atoms with Gasteiger partial charge in [0.05, 0.1) is 17.8 Å². The summed E-state index contributed by atoms with van der Waals surface area (Å²) in [6.07, 6.45) is 4.47. The predicted octanol–water partition coefficient (Wildman–Crippen LogP) is 1.26. The maximum Gasteiger partial charge on any atom is 0.328 e. The molecule has 4 rings (SSSR count). The third kappa shape index (κ3) is 2.63. The zero-order valence-electron chi connectivity index (χ0n) is 15.0. The quantitative estimate of drug-likeness (QED) is 0.728. The Morgan fingerprint density at radius 3 is 2.63 bits per heavy atom. The number of aromatic amines is 1. The van der Waals surface area contributed by atoms with Crippen LogP contribution in [0.25, 0.3) is 16.9 Å². The number of nitrogens with one attached hydrogen (secondary N) is 1. The summed E-state index contributed by atoms with van der Waals surface area (Å²) in [6, 6.07) is 1.56. The monoisotopic (exact) mass is 376 g/mol. The molecule has 0 radical (unpaired) electrons. The maximum atomic E-state index is 14.4. The van der Waals surface area contributed by atoms with Gasteiger partial charge < -0.3 is 9.47 Å². The SMILES string of the molecule is Cn1cc(-c2cc(N3CC(C)(C)C(F)(F)C3)c3nccn3n2)c(=O)[nH]c1=O. The summed E-state index contributed by atoms with van der Waals surface area (Å²) in [5.41, 5.74) is -1.03. The molecule has 1 aliphatic heterocycles. The van der Waals surface area contributed by atoms with E-state index >= 15 is 0 Å². The number of anilines is 1. The van der Waals surface area contributed by atoms with Crippen molar-refractivity contribution in [2.75, 3.05) is 18.0 Å². The fourth-order valence-electron chi connectivity index (χ4n) is 3.28. The van der Waals surface area contributed by atoms with E-state index in [-0.39, 0.29) is 17.8 Å². The number of hydrogen-bond donors (Lipinski definition) is 1. The Kier molecular flexibility index (Phi) is 3.53. The molecule has 10 heteroatoms. The van der Waals surface area contributed by atoms with Gasteiger partial charge in [0.25, 0.3) is 11.5 Å². The van der Waals surface area contributed by atoms with Crippen LogP contribution in [0.4, 0.5) is 14.5 Å². The van der Waals surface area contributed by atoms with E-state index in [1.165, 1.54) is 42.4 Å². The van der Waals surface area contributed by atoms with Crippen LogP contribution in [0.2, 0.25) is 0 Å². The Morgan fingerprint density at radius 2 is 1.96 bits per heavy atom. The highest BCUT2D eigenvalue weighted by molar-refractivity contribution is 5.74. The van der Waals surface area contributed by atoms with E-state index in [9.17, 15) is 18.4 Å². The van der Waals surface area contributed by atoms with Crippen LogP contribution in [0.3, 0.4) is 0 Å². The van der Waals surface area contributed by atoms with E-state index in [4.69, 9.17) is 0 Å². The van der Waals surface area contributed by atoms with Crippen molar-refractivity contribution in [1.29, 1.82) is 0 Å². The standard InChI is InChI=1S/C17H18F2N6O2/c1-16(2)8-24(9-17(16,18)19)12-6-11(22-25-5-4-20-13(12)25)10-7-23(3)15(27)21-14(10)26/h4-7H,8-9H2,1-3H3,(H,21,26,27). The molecule has 0 bridgehead atoms. The number of halogens is 2. The molecule has 1 fully saturated rings. The lowest BCUT2D eigenvalue weighted by atomic mass is 9.89. The summed E-state index contributed by atoms with van der Waals surface area (Å²) >= 11 is 0. The van der Waals surface area contributed by atoms with E-state index < -0.39 is 29.1 Å². The lowest BCUT2D eigenvalue weighted by Gasteiger charge is -2.24. The first kappa shape index (κ1) is 17.4. The minimum atomic E-state index is -2.87. The third-order valence-electron chi connectivity index (χ3n) is 5.03. The number of nitrogens with zero attached hydrogens (tertiary/aromatic N) is 5. The smallest absolute Gasteiger partial charge is 0.328 e. The highest BCUT2D eigenvalue weighted by Gasteiger charge is 2.54. The molecule has 0 aromatic carbocycles. The van der Waals surface area contributed by atoms with E-state index in [0.29, 0.717) is 11.3 Å². The molecule has 0 spiro atoms. The van der Waals surface area contributed by atoms with Gasteiger partial charge in [-0.2, -0.15) is 5.10 Å². The minimum absolute atomic E-state index is 0.135. The molecular formula is C17H18F2N6O2. The zero-order valence-corrected chi connectivity index (χ0v) is 15.0. The molecule has 0 saturated carbocycles. The summed E-state index contributed by atoms with van der Waals surface area (Å²) < 4.78 is 31.5. The molecule has 3 aromatic heterocycles. The predicted molar refractivity (Wildman–Crippen MR) is 95.2 cm³/mol. The molecule has 8 nitrogen and oxygen atoms in total. The topological polar surface area (TPSA) is 88.3 Å². The molecule has 0 atom stereocenters. The molecule has 0 aliphatic carbocycles. The van der Waals surface area contributed by atoms with Crippen molar-refractivity contribution >= 4 is 11.3 Å². The molecule has 1 N–H and O–H groups in total. The van der Waals surface area contributed by atoms with E-state index in [2.05, 4.69) is 15.1 Å². The van der Waals surface area contributed by atoms with Crippen molar-refractivity contribution in [1.82, 2.24) is 24.1 Å². The van der Waals surface area contributed by atoms with Gasteiger partial charge in [0.15, 0.2) is 5.65 Å². The maximum absolute atomic E-state index is 14.4. The van der Waals surface area contributed by atoms with Crippen molar-refractivity contribution < 1.29 is 8.78 Å². The molecular weight excluding hydrogens is 358 g/mol. The van der Waals surface area contributed by atoms with Gasteiger partial charge in [-0.1, -0.05) is 13.8 Å². The average Bonchev–Trinajstić information content (AvgIpc) is 3.12. The largest absolute Gasteiger partial charge is 0.362 e. The molecule has 142 valence electrons. The molecule has 27 heavy (non-hydrogen) atoms. The number of imidazole rings is 1. The first-order valence-corrected chi connectivity index (χ1v) is 8.36.